The maximum Gasteiger partial charge on any atom is 0.335 e. The third-order valence-corrected chi connectivity index (χ3v) is 7.25. The van der Waals surface area contributed by atoms with Crippen molar-refractivity contribution < 1.29 is 24.2 Å². The van der Waals surface area contributed by atoms with Gasteiger partial charge in [0.1, 0.15) is 5.52 Å². The Labute approximate surface area is 234 Å². The van der Waals surface area contributed by atoms with Crippen LogP contribution in [0.2, 0.25) is 0 Å². The van der Waals surface area contributed by atoms with Gasteiger partial charge in [0.15, 0.2) is 17.3 Å². The highest BCUT2D eigenvalue weighted by Gasteiger charge is 2.19. The third-order valence-electron chi connectivity index (χ3n) is 6.36. The number of methoxy groups -OCH3 is 2. The molecular weight excluding hydrogens is 528 g/mol. The number of thiazole rings is 1. The Morgan fingerprint density at radius 2 is 1.68 bits per heavy atom. The number of aryl methyl sites for hydroxylation is 1. The van der Waals surface area contributed by atoms with E-state index >= 15 is 0 Å². The summed E-state index contributed by atoms with van der Waals surface area (Å²) in [7, 11) is 3.17. The fourth-order valence-electron chi connectivity index (χ4n) is 4.38. The zero-order chi connectivity index (χ0) is 28.2. The number of aromatic carboxylic acids is 1. The van der Waals surface area contributed by atoms with Gasteiger partial charge in [-0.1, -0.05) is 19.1 Å². The highest BCUT2D eigenvalue weighted by Crippen LogP contribution is 2.37. The molecule has 5 aromatic rings. The van der Waals surface area contributed by atoms with Crippen molar-refractivity contribution in [2.75, 3.05) is 24.9 Å². The summed E-state index contributed by atoms with van der Waals surface area (Å²) in [5, 5.41) is 15.3. The molecule has 5 rings (SSSR count). The number of carbonyl (C=O) groups is 2. The van der Waals surface area contributed by atoms with Gasteiger partial charge in [-0.15, -0.1) is 11.3 Å². The Kier molecular flexibility index (Phi) is 7.61. The number of rotatable bonds is 9. The second-order valence-electron chi connectivity index (χ2n) is 8.78. The second-order valence-corrected chi connectivity index (χ2v) is 9.64. The molecule has 0 aliphatic heterocycles. The molecule has 3 N–H and O–H groups in total. The number of aromatic nitrogens is 2. The van der Waals surface area contributed by atoms with Gasteiger partial charge >= 0.3 is 5.97 Å². The summed E-state index contributed by atoms with van der Waals surface area (Å²) in [4.78, 5) is 33.8. The number of ether oxygens (including phenoxy) is 2. The Morgan fingerprint density at radius 1 is 0.925 bits per heavy atom. The minimum Gasteiger partial charge on any atom is -0.493 e. The van der Waals surface area contributed by atoms with Crippen molar-refractivity contribution in [3.05, 3.63) is 88.9 Å². The summed E-state index contributed by atoms with van der Waals surface area (Å²) in [5.74, 6) is 0.454. The highest BCUT2D eigenvalue weighted by molar-refractivity contribution is 7.17. The van der Waals surface area contributed by atoms with Crippen LogP contribution >= 0.6 is 11.3 Å². The van der Waals surface area contributed by atoms with E-state index in [1.54, 1.807) is 55.3 Å². The van der Waals surface area contributed by atoms with Gasteiger partial charge in [-0.25, -0.2) is 14.8 Å². The lowest BCUT2D eigenvalue weighted by atomic mass is 10.0. The van der Waals surface area contributed by atoms with Crippen molar-refractivity contribution >= 4 is 50.6 Å². The van der Waals surface area contributed by atoms with Gasteiger partial charge in [-0.3, -0.25) is 4.79 Å². The molecule has 40 heavy (non-hydrogen) atoms. The van der Waals surface area contributed by atoms with Crippen LogP contribution in [-0.4, -0.2) is 41.2 Å². The van der Waals surface area contributed by atoms with Crippen LogP contribution in [0.4, 0.5) is 17.2 Å². The van der Waals surface area contributed by atoms with Crippen molar-refractivity contribution in [3.8, 4) is 22.8 Å². The summed E-state index contributed by atoms with van der Waals surface area (Å²) in [6.07, 6.45) is 0.726. The molecule has 10 heteroatoms. The summed E-state index contributed by atoms with van der Waals surface area (Å²) in [6.45, 7) is 2.07. The van der Waals surface area contributed by atoms with Crippen LogP contribution in [0.25, 0.3) is 21.5 Å². The summed E-state index contributed by atoms with van der Waals surface area (Å²) in [5.41, 5.74) is 7.00. The monoisotopic (exact) mass is 554 g/mol. The van der Waals surface area contributed by atoms with Crippen molar-refractivity contribution in [1.82, 2.24) is 9.97 Å². The van der Waals surface area contributed by atoms with Gasteiger partial charge in [0.25, 0.3) is 5.91 Å². The standard InChI is InChI=1S/C30H26N4O5S/c1-4-22-25(18-6-5-7-19(14-18)29(35)33-20-10-8-17(9-11-20)30(36)37)34-28(26-27(22)40-16-31-26)32-21-12-13-23(38-2)24(15-21)39-3/h5-16H,4H2,1-3H3,(H,32,34)(H,33,35)(H,36,37). The number of pyridine rings is 1. The predicted octanol–water partition coefficient (Wildman–Crippen LogP) is 6.63. The lowest BCUT2D eigenvalue weighted by Gasteiger charge is -2.15. The van der Waals surface area contributed by atoms with Crippen LogP contribution in [0.3, 0.4) is 0 Å². The van der Waals surface area contributed by atoms with E-state index in [-0.39, 0.29) is 11.5 Å². The normalized spacial score (nSPS) is 10.8. The molecule has 0 aliphatic rings. The van der Waals surface area contributed by atoms with E-state index in [0.717, 1.165) is 39.1 Å². The Balaban J connectivity index is 1.50. The zero-order valence-corrected chi connectivity index (χ0v) is 22.8. The molecular formula is C30H26N4O5S. The number of nitrogens with zero attached hydrogens (tertiary/aromatic N) is 2. The van der Waals surface area contributed by atoms with E-state index in [0.29, 0.717) is 28.6 Å². The van der Waals surface area contributed by atoms with Crippen LogP contribution in [0.5, 0.6) is 11.5 Å². The SMILES string of the molecule is CCc1c(-c2cccc(C(=O)Nc3ccc(C(=O)O)cc3)c2)nc(Nc2ccc(OC)c(OC)c2)c2ncsc12. The van der Waals surface area contributed by atoms with Gasteiger partial charge in [0, 0.05) is 28.6 Å². The van der Waals surface area contributed by atoms with Crippen molar-refractivity contribution in [1.29, 1.82) is 0 Å². The van der Waals surface area contributed by atoms with E-state index in [2.05, 4.69) is 22.5 Å². The molecule has 0 saturated heterocycles. The summed E-state index contributed by atoms with van der Waals surface area (Å²) >= 11 is 1.54. The molecule has 9 nitrogen and oxygen atoms in total. The number of hydrogen-bond donors (Lipinski definition) is 3. The van der Waals surface area contributed by atoms with Crippen LogP contribution in [-0.2, 0) is 6.42 Å². The van der Waals surface area contributed by atoms with Crippen LogP contribution in [0.1, 0.15) is 33.2 Å². The largest absolute Gasteiger partial charge is 0.493 e. The number of hydrogen-bond acceptors (Lipinski definition) is 8. The quantitative estimate of drug-likeness (QED) is 0.186. The van der Waals surface area contributed by atoms with E-state index in [1.165, 1.54) is 12.1 Å². The minimum absolute atomic E-state index is 0.147. The number of amides is 1. The molecule has 0 atom stereocenters. The van der Waals surface area contributed by atoms with Gasteiger partial charge in [0.2, 0.25) is 0 Å². The first-order valence-electron chi connectivity index (χ1n) is 12.4. The molecule has 0 bridgehead atoms. The van der Waals surface area contributed by atoms with E-state index in [1.807, 2.05) is 30.3 Å². The van der Waals surface area contributed by atoms with Crippen molar-refractivity contribution in [2.24, 2.45) is 0 Å². The molecule has 3 aromatic carbocycles. The first-order chi connectivity index (χ1) is 19.4. The fraction of sp³-hybridized carbons (Fsp3) is 0.133. The minimum atomic E-state index is -1.03. The molecule has 202 valence electrons. The number of anilines is 3. The summed E-state index contributed by atoms with van der Waals surface area (Å²) < 4.78 is 11.8. The first-order valence-corrected chi connectivity index (χ1v) is 13.3. The second kappa shape index (κ2) is 11.4. The molecule has 0 spiro atoms. The number of carbonyl (C=O) groups excluding carboxylic acids is 1. The molecule has 0 radical (unpaired) electrons. The molecule has 2 heterocycles. The lowest BCUT2D eigenvalue weighted by molar-refractivity contribution is 0.0696. The Bertz CT molecular complexity index is 1720. The maximum absolute atomic E-state index is 13.1. The van der Waals surface area contributed by atoms with E-state index in [9.17, 15) is 9.59 Å². The van der Waals surface area contributed by atoms with Gasteiger partial charge < -0.3 is 25.2 Å². The van der Waals surface area contributed by atoms with Crippen LogP contribution in [0, 0.1) is 0 Å². The number of nitrogens with one attached hydrogen (secondary N) is 2. The van der Waals surface area contributed by atoms with Crippen molar-refractivity contribution in [2.45, 2.75) is 13.3 Å². The maximum atomic E-state index is 13.1. The van der Waals surface area contributed by atoms with Crippen LogP contribution in [0.15, 0.2) is 72.2 Å². The predicted molar refractivity (Wildman–Crippen MR) is 156 cm³/mol. The molecule has 2 aromatic heterocycles. The average molecular weight is 555 g/mol. The topological polar surface area (TPSA) is 123 Å². The van der Waals surface area contributed by atoms with Gasteiger partial charge in [0.05, 0.1) is 35.7 Å². The van der Waals surface area contributed by atoms with Gasteiger partial charge in [-0.05, 0) is 60.5 Å². The number of benzene rings is 3. The van der Waals surface area contributed by atoms with E-state index in [4.69, 9.17) is 19.6 Å². The Morgan fingerprint density at radius 3 is 2.38 bits per heavy atom. The van der Waals surface area contributed by atoms with Crippen LogP contribution < -0.4 is 20.1 Å². The smallest absolute Gasteiger partial charge is 0.335 e. The number of fused-ring (bicyclic) bond motifs is 1. The van der Waals surface area contributed by atoms with Gasteiger partial charge in [-0.2, -0.15) is 0 Å². The number of carboxylic acids is 1. The first kappa shape index (κ1) is 26.6. The summed E-state index contributed by atoms with van der Waals surface area (Å²) in [6, 6.07) is 18.8. The van der Waals surface area contributed by atoms with E-state index < -0.39 is 5.97 Å². The Hall–Kier alpha value is -4.96. The zero-order valence-electron chi connectivity index (χ0n) is 22.0. The third kappa shape index (κ3) is 5.29. The highest BCUT2D eigenvalue weighted by atomic mass is 32.1. The molecule has 0 saturated carbocycles. The molecule has 0 aliphatic carbocycles. The average Bonchev–Trinajstić information content (AvgIpc) is 3.47. The fourth-order valence-corrected chi connectivity index (χ4v) is 5.29. The molecule has 1 amide bonds. The number of carboxylic acid groups (broad SMARTS) is 1. The van der Waals surface area contributed by atoms with Crippen molar-refractivity contribution in [3.63, 3.8) is 0 Å². The molecule has 0 unspecified atom stereocenters. The molecule has 0 fully saturated rings. The lowest BCUT2D eigenvalue weighted by Crippen LogP contribution is -2.12.